The van der Waals surface area contributed by atoms with Crippen LogP contribution in [0.4, 0.5) is 11.5 Å². The molecule has 0 unspecified atom stereocenters. The minimum Gasteiger partial charge on any atom is -0.497 e. The van der Waals surface area contributed by atoms with Crippen LogP contribution in [0.25, 0.3) is 11.3 Å². The molecule has 0 radical (unpaired) electrons. The van der Waals surface area contributed by atoms with Gasteiger partial charge in [-0.25, -0.2) is 4.98 Å². The van der Waals surface area contributed by atoms with Crippen molar-refractivity contribution in [3.05, 3.63) is 71.2 Å². The number of benzene rings is 2. The van der Waals surface area contributed by atoms with E-state index in [0.717, 1.165) is 11.3 Å². The van der Waals surface area contributed by atoms with Crippen molar-refractivity contribution in [1.82, 2.24) is 4.98 Å². The number of carbonyl (C=O) groups excluding carboxylic acids is 1. The Kier molecular flexibility index (Phi) is 6.16. The molecule has 1 amide bonds. The van der Waals surface area contributed by atoms with Gasteiger partial charge >= 0.3 is 0 Å². The second-order valence-corrected chi connectivity index (χ2v) is 7.30. The molecule has 1 aromatic heterocycles. The summed E-state index contributed by atoms with van der Waals surface area (Å²) in [5, 5.41) is 3.61. The molecule has 0 atom stereocenters. The summed E-state index contributed by atoms with van der Waals surface area (Å²) < 4.78 is 10.7. The second kappa shape index (κ2) is 9.15. The van der Waals surface area contributed by atoms with Crippen LogP contribution in [0.15, 0.2) is 60.7 Å². The first-order chi connectivity index (χ1) is 14.6. The Labute approximate surface area is 180 Å². The van der Waals surface area contributed by atoms with Crippen LogP contribution < -0.4 is 15.0 Å². The van der Waals surface area contributed by atoms with Crippen molar-refractivity contribution in [2.24, 2.45) is 0 Å². The highest BCUT2D eigenvalue weighted by atomic mass is 35.5. The van der Waals surface area contributed by atoms with E-state index in [1.54, 1.807) is 13.2 Å². The lowest BCUT2D eigenvalue weighted by atomic mass is 10.1. The molecule has 3 aromatic rings. The molecule has 0 spiro atoms. The number of nitrogens with one attached hydrogen (secondary N) is 1. The fourth-order valence-corrected chi connectivity index (χ4v) is 3.45. The average Bonchev–Trinajstić information content (AvgIpc) is 2.80. The van der Waals surface area contributed by atoms with Crippen molar-refractivity contribution in [3.8, 4) is 17.0 Å². The standard InChI is InChI=1S/C23H22ClN3O3/c1-29-19-4-2-3-18(15-19)25-23(28)20-9-10-21(16-5-7-17(24)8-6-16)26-22(20)27-11-13-30-14-12-27/h2-10,15H,11-14H2,1H3,(H,25,28). The molecular formula is C23H22ClN3O3. The highest BCUT2D eigenvalue weighted by Gasteiger charge is 2.21. The van der Waals surface area contributed by atoms with Gasteiger partial charge in [0.25, 0.3) is 5.91 Å². The van der Waals surface area contributed by atoms with E-state index in [1.165, 1.54) is 0 Å². The first-order valence-electron chi connectivity index (χ1n) is 9.69. The maximum atomic E-state index is 13.1. The first-order valence-corrected chi connectivity index (χ1v) is 10.1. The third-order valence-electron chi connectivity index (χ3n) is 4.90. The molecule has 2 aromatic carbocycles. The number of methoxy groups -OCH3 is 1. The Morgan fingerprint density at radius 3 is 2.60 bits per heavy atom. The first kappa shape index (κ1) is 20.2. The molecule has 1 N–H and O–H groups in total. The van der Waals surface area contributed by atoms with Crippen molar-refractivity contribution in [3.63, 3.8) is 0 Å². The number of aromatic nitrogens is 1. The van der Waals surface area contributed by atoms with Crippen molar-refractivity contribution < 1.29 is 14.3 Å². The number of amides is 1. The second-order valence-electron chi connectivity index (χ2n) is 6.86. The molecule has 7 heteroatoms. The van der Waals surface area contributed by atoms with Crippen molar-refractivity contribution in [2.75, 3.05) is 43.6 Å². The largest absolute Gasteiger partial charge is 0.497 e. The number of hydrogen-bond acceptors (Lipinski definition) is 5. The van der Waals surface area contributed by atoms with Crippen LogP contribution in [0.1, 0.15) is 10.4 Å². The van der Waals surface area contributed by atoms with Crippen LogP contribution in [0.3, 0.4) is 0 Å². The fraction of sp³-hybridized carbons (Fsp3) is 0.217. The number of nitrogens with zero attached hydrogens (tertiary/aromatic N) is 2. The van der Waals surface area contributed by atoms with Crippen LogP contribution in [0.5, 0.6) is 5.75 Å². The zero-order valence-electron chi connectivity index (χ0n) is 16.6. The maximum Gasteiger partial charge on any atom is 0.259 e. The zero-order valence-corrected chi connectivity index (χ0v) is 17.4. The summed E-state index contributed by atoms with van der Waals surface area (Å²) in [4.78, 5) is 20.0. The number of ether oxygens (including phenoxy) is 2. The topological polar surface area (TPSA) is 63.7 Å². The third-order valence-corrected chi connectivity index (χ3v) is 5.15. The smallest absolute Gasteiger partial charge is 0.259 e. The molecule has 1 saturated heterocycles. The average molecular weight is 424 g/mol. The Morgan fingerprint density at radius 2 is 1.87 bits per heavy atom. The molecule has 6 nitrogen and oxygen atoms in total. The van der Waals surface area contributed by atoms with E-state index in [0.29, 0.717) is 54.1 Å². The van der Waals surface area contributed by atoms with Gasteiger partial charge in [-0.2, -0.15) is 0 Å². The van der Waals surface area contributed by atoms with E-state index in [2.05, 4.69) is 10.2 Å². The fourth-order valence-electron chi connectivity index (χ4n) is 3.32. The molecule has 2 heterocycles. The van der Waals surface area contributed by atoms with Crippen molar-refractivity contribution in [1.29, 1.82) is 0 Å². The van der Waals surface area contributed by atoms with Crippen LogP contribution in [0.2, 0.25) is 5.02 Å². The van der Waals surface area contributed by atoms with Gasteiger partial charge in [0.15, 0.2) is 0 Å². The lowest BCUT2D eigenvalue weighted by Crippen LogP contribution is -2.38. The number of pyridine rings is 1. The summed E-state index contributed by atoms with van der Waals surface area (Å²) in [5.74, 6) is 1.10. The lowest BCUT2D eigenvalue weighted by molar-refractivity contribution is 0.102. The molecule has 0 saturated carbocycles. The van der Waals surface area contributed by atoms with Gasteiger partial charge < -0.3 is 19.7 Å². The van der Waals surface area contributed by atoms with Gasteiger partial charge in [0.1, 0.15) is 11.6 Å². The van der Waals surface area contributed by atoms with E-state index in [-0.39, 0.29) is 5.91 Å². The monoisotopic (exact) mass is 423 g/mol. The van der Waals surface area contributed by atoms with E-state index >= 15 is 0 Å². The molecule has 1 aliphatic rings. The maximum absolute atomic E-state index is 13.1. The molecular weight excluding hydrogens is 402 g/mol. The van der Waals surface area contributed by atoms with E-state index < -0.39 is 0 Å². The van der Waals surface area contributed by atoms with Crippen molar-refractivity contribution >= 4 is 29.0 Å². The Bertz CT molecular complexity index is 1030. The highest BCUT2D eigenvalue weighted by Crippen LogP contribution is 2.27. The Morgan fingerprint density at radius 1 is 1.10 bits per heavy atom. The molecule has 4 rings (SSSR count). The highest BCUT2D eigenvalue weighted by molar-refractivity contribution is 6.30. The van der Waals surface area contributed by atoms with Gasteiger partial charge in [-0.1, -0.05) is 29.8 Å². The van der Waals surface area contributed by atoms with E-state index in [4.69, 9.17) is 26.1 Å². The zero-order chi connectivity index (χ0) is 20.9. The number of anilines is 2. The van der Waals surface area contributed by atoms with Gasteiger partial charge in [-0.05, 0) is 36.4 Å². The molecule has 30 heavy (non-hydrogen) atoms. The van der Waals surface area contributed by atoms with Gasteiger partial charge in [-0.15, -0.1) is 0 Å². The predicted molar refractivity (Wildman–Crippen MR) is 119 cm³/mol. The summed E-state index contributed by atoms with van der Waals surface area (Å²) in [7, 11) is 1.59. The van der Waals surface area contributed by atoms with Crippen molar-refractivity contribution in [2.45, 2.75) is 0 Å². The summed E-state index contributed by atoms with van der Waals surface area (Å²) in [6, 6.07) is 18.4. The minimum absolute atomic E-state index is 0.222. The summed E-state index contributed by atoms with van der Waals surface area (Å²) in [5.41, 5.74) is 2.89. The van der Waals surface area contributed by atoms with Crippen LogP contribution in [-0.4, -0.2) is 44.3 Å². The number of hydrogen-bond donors (Lipinski definition) is 1. The van der Waals surface area contributed by atoms with E-state index in [9.17, 15) is 4.79 Å². The summed E-state index contributed by atoms with van der Waals surface area (Å²) in [6.07, 6.45) is 0. The SMILES string of the molecule is COc1cccc(NC(=O)c2ccc(-c3ccc(Cl)cc3)nc2N2CCOCC2)c1. The number of halogens is 1. The molecule has 1 aliphatic heterocycles. The third kappa shape index (κ3) is 4.56. The summed E-state index contributed by atoms with van der Waals surface area (Å²) >= 11 is 6.01. The van der Waals surface area contributed by atoms with Crippen LogP contribution in [0, 0.1) is 0 Å². The van der Waals surface area contributed by atoms with E-state index in [1.807, 2.05) is 54.6 Å². The lowest BCUT2D eigenvalue weighted by Gasteiger charge is -2.29. The van der Waals surface area contributed by atoms with Gasteiger partial charge in [0, 0.05) is 35.4 Å². The normalized spacial score (nSPS) is 13.7. The quantitative estimate of drug-likeness (QED) is 0.654. The van der Waals surface area contributed by atoms with Gasteiger partial charge in [0.2, 0.25) is 0 Å². The van der Waals surface area contributed by atoms with Gasteiger partial charge in [0.05, 0.1) is 31.6 Å². The molecule has 1 fully saturated rings. The Balaban J connectivity index is 1.68. The molecule has 0 bridgehead atoms. The van der Waals surface area contributed by atoms with Crippen LogP contribution in [-0.2, 0) is 4.74 Å². The van der Waals surface area contributed by atoms with Crippen LogP contribution >= 0.6 is 11.6 Å². The van der Waals surface area contributed by atoms with Gasteiger partial charge in [-0.3, -0.25) is 4.79 Å². The molecule has 0 aliphatic carbocycles. The number of rotatable bonds is 5. The molecule has 154 valence electrons. The predicted octanol–water partition coefficient (Wildman–Crippen LogP) is 4.50. The summed E-state index contributed by atoms with van der Waals surface area (Å²) in [6.45, 7) is 2.56. The Hall–Kier alpha value is -3.09. The minimum atomic E-state index is -0.222. The number of morpholine rings is 1. The number of carbonyl (C=O) groups is 1.